The Hall–Kier alpha value is -2.24. The van der Waals surface area contributed by atoms with Crippen molar-refractivity contribution in [3.8, 4) is 11.1 Å². The van der Waals surface area contributed by atoms with Gasteiger partial charge in [0.15, 0.2) is 0 Å². The van der Waals surface area contributed by atoms with Crippen molar-refractivity contribution in [2.45, 2.75) is 13.3 Å². The van der Waals surface area contributed by atoms with Crippen molar-refractivity contribution >= 4 is 5.91 Å². The highest BCUT2D eigenvalue weighted by Crippen LogP contribution is 2.24. The SMILES string of the molecule is Cc1nccc(-c2ccccc2)c1C(=O)NCCCN1CCN(C)CC1. The lowest BCUT2D eigenvalue weighted by Crippen LogP contribution is -2.45. The van der Waals surface area contributed by atoms with Gasteiger partial charge in [-0.25, -0.2) is 0 Å². The molecule has 1 aromatic carbocycles. The monoisotopic (exact) mass is 352 g/mol. The van der Waals surface area contributed by atoms with Crippen molar-refractivity contribution in [3.05, 3.63) is 53.9 Å². The molecule has 0 spiro atoms. The van der Waals surface area contributed by atoms with Crippen LogP contribution in [0, 0.1) is 6.92 Å². The van der Waals surface area contributed by atoms with Crippen LogP contribution in [-0.4, -0.2) is 67.0 Å². The Bertz CT molecular complexity index is 724. The summed E-state index contributed by atoms with van der Waals surface area (Å²) in [5, 5.41) is 3.08. The Labute approximate surface area is 156 Å². The van der Waals surface area contributed by atoms with Gasteiger partial charge < -0.3 is 15.1 Å². The molecule has 2 aromatic rings. The summed E-state index contributed by atoms with van der Waals surface area (Å²) in [4.78, 5) is 21.9. The first-order chi connectivity index (χ1) is 12.6. The van der Waals surface area contributed by atoms with E-state index in [1.807, 2.05) is 43.3 Å². The van der Waals surface area contributed by atoms with Crippen molar-refractivity contribution in [2.75, 3.05) is 46.3 Å². The molecule has 0 aliphatic carbocycles. The number of hydrogen-bond donors (Lipinski definition) is 1. The van der Waals surface area contributed by atoms with Gasteiger partial charge in [0.05, 0.1) is 11.3 Å². The Morgan fingerprint density at radius 3 is 2.58 bits per heavy atom. The van der Waals surface area contributed by atoms with E-state index in [1.54, 1.807) is 6.20 Å². The zero-order chi connectivity index (χ0) is 18.4. The summed E-state index contributed by atoms with van der Waals surface area (Å²) in [6.07, 6.45) is 2.73. The van der Waals surface area contributed by atoms with E-state index in [-0.39, 0.29) is 5.91 Å². The molecule has 1 aromatic heterocycles. The summed E-state index contributed by atoms with van der Waals surface area (Å²) in [6, 6.07) is 11.9. The number of nitrogens with one attached hydrogen (secondary N) is 1. The van der Waals surface area contributed by atoms with Crippen molar-refractivity contribution < 1.29 is 4.79 Å². The molecule has 138 valence electrons. The zero-order valence-corrected chi connectivity index (χ0v) is 15.7. The van der Waals surface area contributed by atoms with Crippen LogP contribution in [0.25, 0.3) is 11.1 Å². The van der Waals surface area contributed by atoms with Gasteiger partial charge in [-0.3, -0.25) is 9.78 Å². The molecule has 5 nitrogen and oxygen atoms in total. The lowest BCUT2D eigenvalue weighted by molar-refractivity contribution is 0.0949. The largest absolute Gasteiger partial charge is 0.352 e. The molecule has 1 fully saturated rings. The van der Waals surface area contributed by atoms with Gasteiger partial charge in [-0.1, -0.05) is 30.3 Å². The number of amides is 1. The second-order valence-corrected chi connectivity index (χ2v) is 6.94. The van der Waals surface area contributed by atoms with E-state index in [2.05, 4.69) is 27.1 Å². The first-order valence-electron chi connectivity index (χ1n) is 9.35. The van der Waals surface area contributed by atoms with E-state index >= 15 is 0 Å². The number of piperazine rings is 1. The second kappa shape index (κ2) is 8.92. The summed E-state index contributed by atoms with van der Waals surface area (Å²) < 4.78 is 0. The van der Waals surface area contributed by atoms with Crippen LogP contribution in [0.1, 0.15) is 22.5 Å². The maximum absolute atomic E-state index is 12.8. The predicted octanol–water partition coefficient (Wildman–Crippen LogP) is 2.42. The number of aromatic nitrogens is 1. The molecule has 1 saturated heterocycles. The summed E-state index contributed by atoms with van der Waals surface area (Å²) >= 11 is 0. The van der Waals surface area contributed by atoms with Gasteiger partial charge in [0.1, 0.15) is 0 Å². The molecule has 0 radical (unpaired) electrons. The fourth-order valence-corrected chi connectivity index (χ4v) is 3.38. The van der Waals surface area contributed by atoms with Gasteiger partial charge in [-0.2, -0.15) is 0 Å². The average molecular weight is 352 g/mol. The van der Waals surface area contributed by atoms with Crippen LogP contribution in [0.5, 0.6) is 0 Å². The molecule has 1 amide bonds. The van der Waals surface area contributed by atoms with E-state index in [9.17, 15) is 4.79 Å². The van der Waals surface area contributed by atoms with Crippen LogP contribution in [0.15, 0.2) is 42.6 Å². The van der Waals surface area contributed by atoms with Crippen molar-refractivity contribution in [3.63, 3.8) is 0 Å². The third-order valence-corrected chi connectivity index (χ3v) is 4.98. The summed E-state index contributed by atoms with van der Waals surface area (Å²) in [7, 11) is 2.16. The maximum atomic E-state index is 12.8. The van der Waals surface area contributed by atoms with E-state index in [4.69, 9.17) is 0 Å². The van der Waals surface area contributed by atoms with Gasteiger partial charge in [0, 0.05) is 38.9 Å². The minimum Gasteiger partial charge on any atom is -0.352 e. The molecule has 0 bridgehead atoms. The van der Waals surface area contributed by atoms with Crippen molar-refractivity contribution in [1.29, 1.82) is 0 Å². The lowest BCUT2D eigenvalue weighted by atomic mass is 9.99. The lowest BCUT2D eigenvalue weighted by Gasteiger charge is -2.32. The van der Waals surface area contributed by atoms with Crippen LogP contribution >= 0.6 is 0 Å². The molecular weight excluding hydrogens is 324 g/mol. The molecule has 0 atom stereocenters. The van der Waals surface area contributed by atoms with Gasteiger partial charge in [-0.15, -0.1) is 0 Å². The highest BCUT2D eigenvalue weighted by atomic mass is 16.1. The number of hydrogen-bond acceptors (Lipinski definition) is 4. The molecule has 0 saturated carbocycles. The van der Waals surface area contributed by atoms with Gasteiger partial charge in [-0.05, 0) is 44.1 Å². The highest BCUT2D eigenvalue weighted by molar-refractivity contribution is 6.01. The van der Waals surface area contributed by atoms with Crippen LogP contribution in [-0.2, 0) is 0 Å². The molecule has 5 heteroatoms. The van der Waals surface area contributed by atoms with Crippen LogP contribution in [0.4, 0.5) is 0 Å². The summed E-state index contributed by atoms with van der Waals surface area (Å²) in [5.41, 5.74) is 3.43. The van der Waals surface area contributed by atoms with Gasteiger partial charge in [0.25, 0.3) is 5.91 Å². The van der Waals surface area contributed by atoms with Gasteiger partial charge in [0.2, 0.25) is 0 Å². The first-order valence-corrected chi connectivity index (χ1v) is 9.35. The predicted molar refractivity (Wildman–Crippen MR) is 105 cm³/mol. The number of benzene rings is 1. The number of nitrogens with zero attached hydrogens (tertiary/aromatic N) is 3. The molecule has 26 heavy (non-hydrogen) atoms. The van der Waals surface area contributed by atoms with E-state index in [0.717, 1.165) is 56.0 Å². The Morgan fingerprint density at radius 1 is 1.12 bits per heavy atom. The molecule has 1 N–H and O–H groups in total. The standard InChI is InChI=1S/C21H28N4O/c1-17-20(19(9-11-22-17)18-7-4-3-5-8-18)21(26)23-10-6-12-25-15-13-24(2)14-16-25/h3-5,7-9,11H,6,10,12-16H2,1-2H3,(H,23,26). The third-order valence-electron chi connectivity index (χ3n) is 4.98. The van der Waals surface area contributed by atoms with E-state index in [1.165, 1.54) is 0 Å². The van der Waals surface area contributed by atoms with Crippen LogP contribution in [0.3, 0.4) is 0 Å². The molecule has 1 aliphatic rings. The number of likely N-dealkylation sites (N-methyl/N-ethyl adjacent to an activating group) is 1. The molecule has 1 aliphatic heterocycles. The molecule has 0 unspecified atom stereocenters. The maximum Gasteiger partial charge on any atom is 0.253 e. The number of pyridine rings is 1. The van der Waals surface area contributed by atoms with E-state index in [0.29, 0.717) is 12.1 Å². The average Bonchev–Trinajstić information content (AvgIpc) is 2.67. The summed E-state index contributed by atoms with van der Waals surface area (Å²) in [6.45, 7) is 8.10. The molecule has 3 rings (SSSR count). The number of aryl methyl sites for hydroxylation is 1. The van der Waals surface area contributed by atoms with E-state index < -0.39 is 0 Å². The zero-order valence-electron chi connectivity index (χ0n) is 15.7. The number of rotatable bonds is 6. The molecule has 2 heterocycles. The highest BCUT2D eigenvalue weighted by Gasteiger charge is 2.17. The van der Waals surface area contributed by atoms with Gasteiger partial charge >= 0.3 is 0 Å². The smallest absolute Gasteiger partial charge is 0.253 e. The van der Waals surface area contributed by atoms with Crippen LogP contribution in [0.2, 0.25) is 0 Å². The Kier molecular flexibility index (Phi) is 6.36. The summed E-state index contributed by atoms with van der Waals surface area (Å²) in [5.74, 6) is -0.0344. The minimum absolute atomic E-state index is 0.0344. The number of carbonyl (C=O) groups is 1. The number of carbonyl (C=O) groups excluding carboxylic acids is 1. The minimum atomic E-state index is -0.0344. The Morgan fingerprint density at radius 2 is 1.85 bits per heavy atom. The fourth-order valence-electron chi connectivity index (χ4n) is 3.38. The molecular formula is C21H28N4O. The first kappa shape index (κ1) is 18.5. The normalized spacial score (nSPS) is 15.8. The second-order valence-electron chi connectivity index (χ2n) is 6.94. The van der Waals surface area contributed by atoms with Crippen LogP contribution < -0.4 is 5.32 Å². The fraction of sp³-hybridized carbons (Fsp3) is 0.429. The Balaban J connectivity index is 1.58. The third kappa shape index (κ3) is 4.68. The van der Waals surface area contributed by atoms with Crippen molar-refractivity contribution in [1.82, 2.24) is 20.1 Å². The quantitative estimate of drug-likeness (QED) is 0.811. The topological polar surface area (TPSA) is 48.5 Å². The van der Waals surface area contributed by atoms with Crippen molar-refractivity contribution in [2.24, 2.45) is 0 Å².